The Morgan fingerprint density at radius 2 is 1.86 bits per heavy atom. The molecule has 1 aromatic heterocycles. The minimum atomic E-state index is -1.14. The maximum absolute atomic E-state index is 13.7. The van der Waals surface area contributed by atoms with Gasteiger partial charge >= 0.3 is 5.97 Å². The van der Waals surface area contributed by atoms with E-state index in [9.17, 15) is 23.5 Å². The number of fused-ring (bicyclic) bond motifs is 1. The van der Waals surface area contributed by atoms with Crippen LogP contribution in [-0.2, 0) is 4.79 Å². The highest BCUT2D eigenvalue weighted by Gasteiger charge is 2.34. The van der Waals surface area contributed by atoms with Crippen LogP contribution in [-0.4, -0.2) is 17.0 Å². The van der Waals surface area contributed by atoms with Crippen molar-refractivity contribution in [2.45, 2.75) is 12.3 Å². The van der Waals surface area contributed by atoms with Gasteiger partial charge in [-0.2, -0.15) is 0 Å². The number of carbonyl (C=O) groups excluding carboxylic acids is 1. The zero-order valence-corrected chi connectivity index (χ0v) is 15.7. The summed E-state index contributed by atoms with van der Waals surface area (Å²) in [4.78, 5) is 24.8. The largest absolute Gasteiger partial charge is 0.477 e. The maximum Gasteiger partial charge on any atom is 0.346 e. The van der Waals surface area contributed by atoms with E-state index in [4.69, 9.17) is 11.6 Å². The van der Waals surface area contributed by atoms with Crippen molar-refractivity contribution >= 4 is 40.5 Å². The molecular weight excluding hydrogens is 408 g/mol. The normalized spacial score (nSPS) is 15.8. The monoisotopic (exact) mass is 419 g/mol. The van der Waals surface area contributed by atoms with Gasteiger partial charge in [-0.15, -0.1) is 11.3 Å². The molecule has 1 atom stereocenters. The van der Waals surface area contributed by atoms with Gasteiger partial charge in [0, 0.05) is 27.8 Å². The van der Waals surface area contributed by atoms with Crippen molar-refractivity contribution in [1.82, 2.24) is 0 Å². The summed E-state index contributed by atoms with van der Waals surface area (Å²) in [6.07, 6.45) is 0.0116. The van der Waals surface area contributed by atoms with Crippen molar-refractivity contribution in [2.75, 3.05) is 5.32 Å². The summed E-state index contributed by atoms with van der Waals surface area (Å²) in [6, 6.07) is 10.1. The summed E-state index contributed by atoms with van der Waals surface area (Å²) in [7, 11) is 0. The number of aromatic carboxylic acids is 1. The van der Waals surface area contributed by atoms with E-state index in [-0.39, 0.29) is 17.2 Å². The lowest BCUT2D eigenvalue weighted by molar-refractivity contribution is -0.116. The van der Waals surface area contributed by atoms with Crippen LogP contribution in [0.15, 0.2) is 42.5 Å². The number of carbonyl (C=O) groups is 2. The Balaban J connectivity index is 1.93. The van der Waals surface area contributed by atoms with Gasteiger partial charge in [-0.25, -0.2) is 13.6 Å². The van der Waals surface area contributed by atoms with E-state index in [0.29, 0.717) is 32.3 Å². The Hall–Kier alpha value is -2.77. The van der Waals surface area contributed by atoms with Crippen molar-refractivity contribution < 1.29 is 23.5 Å². The van der Waals surface area contributed by atoms with Gasteiger partial charge in [0.1, 0.15) is 4.88 Å². The fourth-order valence-electron chi connectivity index (χ4n) is 3.33. The summed E-state index contributed by atoms with van der Waals surface area (Å²) >= 11 is 6.94. The molecule has 28 heavy (non-hydrogen) atoms. The Morgan fingerprint density at radius 1 is 1.14 bits per heavy atom. The highest BCUT2D eigenvalue weighted by atomic mass is 35.5. The van der Waals surface area contributed by atoms with Gasteiger partial charge in [0.25, 0.3) is 0 Å². The third-order valence-corrected chi connectivity index (χ3v) is 6.12. The van der Waals surface area contributed by atoms with Gasteiger partial charge in [-0.05, 0) is 35.4 Å². The molecule has 0 saturated carbocycles. The van der Waals surface area contributed by atoms with Crippen LogP contribution >= 0.6 is 22.9 Å². The van der Waals surface area contributed by atoms with E-state index < -0.39 is 23.5 Å². The zero-order chi connectivity index (χ0) is 20.0. The van der Waals surface area contributed by atoms with Gasteiger partial charge < -0.3 is 10.4 Å². The fraction of sp³-hybridized carbons (Fsp3) is 0.100. The van der Waals surface area contributed by atoms with Crippen LogP contribution in [0, 0.1) is 11.6 Å². The zero-order valence-electron chi connectivity index (χ0n) is 14.1. The van der Waals surface area contributed by atoms with E-state index in [0.717, 1.165) is 23.5 Å². The summed E-state index contributed by atoms with van der Waals surface area (Å²) in [5, 5.41) is 12.9. The molecule has 0 fully saturated rings. The smallest absolute Gasteiger partial charge is 0.346 e. The first-order chi connectivity index (χ1) is 13.3. The molecule has 0 spiro atoms. The van der Waals surface area contributed by atoms with Crippen LogP contribution in [0.4, 0.5) is 14.5 Å². The minimum Gasteiger partial charge on any atom is -0.477 e. The first-order valence-electron chi connectivity index (χ1n) is 8.26. The van der Waals surface area contributed by atoms with E-state index in [2.05, 4.69) is 5.32 Å². The number of nitrogens with one attached hydrogen (secondary N) is 1. The average molecular weight is 420 g/mol. The van der Waals surface area contributed by atoms with Crippen molar-refractivity contribution in [1.29, 1.82) is 0 Å². The van der Waals surface area contributed by atoms with Crippen LogP contribution in [0.5, 0.6) is 0 Å². The second-order valence-corrected chi connectivity index (χ2v) is 7.82. The molecule has 2 heterocycles. The molecule has 1 aliphatic rings. The lowest BCUT2D eigenvalue weighted by Crippen LogP contribution is -2.22. The predicted octanol–water partition coefficient (Wildman–Crippen LogP) is 5.52. The quantitative estimate of drug-likeness (QED) is 0.587. The SMILES string of the molecule is O=C1C[C@H](c2ccc(F)c(F)c2)c2sc(C(=O)O)c(-c3ccc(Cl)cc3)c2N1. The van der Waals surface area contributed by atoms with Crippen molar-refractivity contribution in [3.8, 4) is 11.1 Å². The number of carboxylic acids is 1. The van der Waals surface area contributed by atoms with Gasteiger partial charge in [0.05, 0.1) is 5.69 Å². The molecule has 0 unspecified atom stereocenters. The van der Waals surface area contributed by atoms with E-state index in [1.54, 1.807) is 24.3 Å². The Labute approximate surface area is 167 Å². The van der Waals surface area contributed by atoms with Gasteiger partial charge in [-0.1, -0.05) is 29.8 Å². The minimum absolute atomic E-state index is 0.0116. The Morgan fingerprint density at radius 3 is 2.50 bits per heavy atom. The molecule has 4 nitrogen and oxygen atoms in total. The third kappa shape index (κ3) is 3.16. The number of rotatable bonds is 3. The number of hydrogen-bond acceptors (Lipinski definition) is 3. The summed E-state index contributed by atoms with van der Waals surface area (Å²) in [5.74, 6) is -4.03. The van der Waals surface area contributed by atoms with E-state index >= 15 is 0 Å². The van der Waals surface area contributed by atoms with Crippen LogP contribution in [0.3, 0.4) is 0 Å². The molecule has 0 bridgehead atoms. The highest BCUT2D eigenvalue weighted by Crippen LogP contribution is 2.49. The number of hydrogen-bond donors (Lipinski definition) is 2. The van der Waals surface area contributed by atoms with Crippen molar-refractivity contribution in [3.63, 3.8) is 0 Å². The molecule has 0 aliphatic carbocycles. The standard InChI is InChI=1S/C20H12ClF2NO3S/c21-11-4-1-9(2-5-11)16-17-18(28-19(16)20(26)27)12(8-15(25)24-17)10-3-6-13(22)14(23)7-10/h1-7,12H,8H2,(H,24,25)(H,26,27)/t12-/m1/s1. The van der Waals surface area contributed by atoms with Crippen LogP contribution in [0.25, 0.3) is 11.1 Å². The average Bonchev–Trinajstić information content (AvgIpc) is 3.03. The molecule has 142 valence electrons. The van der Waals surface area contributed by atoms with Gasteiger partial charge in [0.15, 0.2) is 11.6 Å². The molecule has 0 saturated heterocycles. The number of amides is 1. The van der Waals surface area contributed by atoms with Crippen molar-refractivity contribution in [3.05, 3.63) is 74.4 Å². The van der Waals surface area contributed by atoms with Crippen molar-refractivity contribution in [2.24, 2.45) is 0 Å². The first-order valence-corrected chi connectivity index (χ1v) is 9.45. The molecule has 3 aromatic rings. The molecule has 1 amide bonds. The lowest BCUT2D eigenvalue weighted by Gasteiger charge is -2.24. The Kier molecular flexibility index (Phi) is 4.64. The van der Waals surface area contributed by atoms with Gasteiger partial charge in [0.2, 0.25) is 5.91 Å². The van der Waals surface area contributed by atoms with E-state index in [1.165, 1.54) is 6.07 Å². The number of anilines is 1. The lowest BCUT2D eigenvalue weighted by atomic mass is 9.88. The molecule has 2 N–H and O–H groups in total. The number of halogens is 3. The third-order valence-electron chi connectivity index (χ3n) is 4.58. The van der Waals surface area contributed by atoms with Crippen LogP contribution < -0.4 is 5.32 Å². The van der Waals surface area contributed by atoms with Crippen LogP contribution in [0.1, 0.15) is 32.5 Å². The summed E-state index contributed by atoms with van der Waals surface area (Å²) in [6.45, 7) is 0. The highest BCUT2D eigenvalue weighted by molar-refractivity contribution is 7.15. The van der Waals surface area contributed by atoms with Gasteiger partial charge in [-0.3, -0.25) is 4.79 Å². The summed E-state index contributed by atoms with van der Waals surface area (Å²) < 4.78 is 27.1. The molecular formula is C20H12ClF2NO3S. The molecule has 0 radical (unpaired) electrons. The predicted molar refractivity (Wildman–Crippen MR) is 103 cm³/mol. The second-order valence-electron chi connectivity index (χ2n) is 6.34. The second kappa shape index (κ2) is 7.00. The fourth-order valence-corrected chi connectivity index (χ4v) is 4.70. The number of carboxylic acid groups (broad SMARTS) is 1. The number of thiophene rings is 1. The first kappa shape index (κ1) is 18.6. The topological polar surface area (TPSA) is 66.4 Å². The van der Waals surface area contributed by atoms with Crippen LogP contribution in [0.2, 0.25) is 5.02 Å². The maximum atomic E-state index is 13.7. The molecule has 1 aliphatic heterocycles. The Bertz CT molecular complexity index is 1110. The molecule has 4 rings (SSSR count). The van der Waals surface area contributed by atoms with E-state index in [1.807, 2.05) is 0 Å². The number of benzene rings is 2. The molecule has 8 heteroatoms. The molecule has 2 aromatic carbocycles. The summed E-state index contributed by atoms with van der Waals surface area (Å²) in [5.41, 5.74) is 1.77.